The van der Waals surface area contributed by atoms with Crippen molar-refractivity contribution in [1.29, 1.82) is 0 Å². The molecular formula is C12H9Cl2N2O+. The standard InChI is InChI=1S/C12H9Cl2N2O/c13-10-5-3-9(4-6-10)11(17)8-16-7-1-2-12(14)15-16/h1-7H,8H2/q+1. The molecule has 1 aromatic heterocycles. The second-order valence-electron chi connectivity index (χ2n) is 3.46. The summed E-state index contributed by atoms with van der Waals surface area (Å²) in [4.78, 5) is 11.9. The molecule has 17 heavy (non-hydrogen) atoms. The quantitative estimate of drug-likeness (QED) is 0.633. The molecule has 0 aliphatic rings. The van der Waals surface area contributed by atoms with E-state index in [2.05, 4.69) is 5.10 Å². The monoisotopic (exact) mass is 267 g/mol. The molecule has 0 N–H and O–H groups in total. The van der Waals surface area contributed by atoms with Crippen LogP contribution in [0.1, 0.15) is 10.4 Å². The molecule has 0 saturated heterocycles. The first-order valence-electron chi connectivity index (χ1n) is 4.96. The third-order valence-corrected chi connectivity index (χ3v) is 2.64. The highest BCUT2D eigenvalue weighted by atomic mass is 35.5. The van der Waals surface area contributed by atoms with Gasteiger partial charge in [0.15, 0.2) is 11.3 Å². The Kier molecular flexibility index (Phi) is 3.71. The lowest BCUT2D eigenvalue weighted by molar-refractivity contribution is -0.741. The van der Waals surface area contributed by atoms with Crippen LogP contribution in [0.15, 0.2) is 42.6 Å². The van der Waals surface area contributed by atoms with Crippen LogP contribution in [0.4, 0.5) is 0 Å². The van der Waals surface area contributed by atoms with Gasteiger partial charge in [-0.15, -0.1) is 0 Å². The molecule has 1 aromatic carbocycles. The second kappa shape index (κ2) is 5.25. The van der Waals surface area contributed by atoms with E-state index in [1.54, 1.807) is 42.6 Å². The molecule has 0 aliphatic heterocycles. The number of Topliss-reactive ketones (excluding diaryl/α,β-unsaturated/α-hetero) is 1. The number of hydrogen-bond acceptors (Lipinski definition) is 2. The van der Waals surface area contributed by atoms with Crippen LogP contribution >= 0.6 is 23.2 Å². The van der Waals surface area contributed by atoms with Crippen molar-refractivity contribution in [2.24, 2.45) is 0 Å². The van der Waals surface area contributed by atoms with Crippen LogP contribution in [0.5, 0.6) is 0 Å². The van der Waals surface area contributed by atoms with Crippen LogP contribution < -0.4 is 4.68 Å². The molecule has 0 aliphatic carbocycles. The predicted octanol–water partition coefficient (Wildman–Crippen LogP) is 2.56. The molecule has 0 unspecified atom stereocenters. The van der Waals surface area contributed by atoms with E-state index < -0.39 is 0 Å². The number of benzene rings is 1. The fraction of sp³-hybridized carbons (Fsp3) is 0.0833. The minimum atomic E-state index is -0.0403. The fourth-order valence-corrected chi connectivity index (χ4v) is 1.67. The molecule has 1 heterocycles. The van der Waals surface area contributed by atoms with Gasteiger partial charge in [0, 0.05) is 21.8 Å². The van der Waals surface area contributed by atoms with Crippen molar-refractivity contribution in [3.05, 3.63) is 58.3 Å². The Balaban J connectivity index is 2.14. The lowest BCUT2D eigenvalue weighted by Gasteiger charge is -1.97. The summed E-state index contributed by atoms with van der Waals surface area (Å²) >= 11 is 11.5. The maximum Gasteiger partial charge on any atom is 0.236 e. The number of carbonyl (C=O) groups excluding carboxylic acids is 1. The van der Waals surface area contributed by atoms with Crippen LogP contribution in [-0.4, -0.2) is 10.9 Å². The van der Waals surface area contributed by atoms with Crippen molar-refractivity contribution in [3.8, 4) is 0 Å². The molecule has 0 amide bonds. The van der Waals surface area contributed by atoms with Gasteiger partial charge < -0.3 is 0 Å². The van der Waals surface area contributed by atoms with Crippen LogP contribution in [0, 0.1) is 0 Å². The Morgan fingerprint density at radius 3 is 2.53 bits per heavy atom. The van der Waals surface area contributed by atoms with Crippen molar-refractivity contribution in [3.63, 3.8) is 0 Å². The maximum absolute atomic E-state index is 11.9. The van der Waals surface area contributed by atoms with Gasteiger partial charge in [0.25, 0.3) is 0 Å². The molecular weight excluding hydrogens is 259 g/mol. The molecule has 0 atom stereocenters. The maximum atomic E-state index is 11.9. The summed E-state index contributed by atoms with van der Waals surface area (Å²) in [5, 5.41) is 4.96. The Bertz CT molecular complexity index is 540. The van der Waals surface area contributed by atoms with E-state index >= 15 is 0 Å². The van der Waals surface area contributed by atoms with E-state index in [0.29, 0.717) is 15.7 Å². The second-order valence-corrected chi connectivity index (χ2v) is 4.28. The van der Waals surface area contributed by atoms with Crippen LogP contribution in [0.2, 0.25) is 10.2 Å². The third kappa shape index (κ3) is 3.25. The highest BCUT2D eigenvalue weighted by Crippen LogP contribution is 2.09. The zero-order chi connectivity index (χ0) is 12.3. The average Bonchev–Trinajstić information content (AvgIpc) is 2.29. The number of rotatable bonds is 3. The first kappa shape index (κ1) is 12.0. The third-order valence-electron chi connectivity index (χ3n) is 2.19. The summed E-state index contributed by atoms with van der Waals surface area (Å²) < 4.78 is 1.50. The van der Waals surface area contributed by atoms with Crippen LogP contribution in [0.3, 0.4) is 0 Å². The van der Waals surface area contributed by atoms with Gasteiger partial charge in [-0.25, -0.2) is 0 Å². The van der Waals surface area contributed by atoms with Gasteiger partial charge in [-0.2, -0.15) is 0 Å². The van der Waals surface area contributed by atoms with Gasteiger partial charge in [-0.05, 0) is 30.3 Å². The zero-order valence-electron chi connectivity index (χ0n) is 8.81. The van der Waals surface area contributed by atoms with Gasteiger partial charge in [0.1, 0.15) is 0 Å². The Morgan fingerprint density at radius 2 is 1.88 bits per heavy atom. The largest absolute Gasteiger partial charge is 0.287 e. The lowest BCUT2D eigenvalue weighted by Crippen LogP contribution is -2.41. The van der Waals surface area contributed by atoms with Gasteiger partial charge in [0.05, 0.1) is 0 Å². The molecule has 0 radical (unpaired) electrons. The Hall–Kier alpha value is -1.45. The predicted molar refractivity (Wildman–Crippen MR) is 65.2 cm³/mol. The van der Waals surface area contributed by atoms with Crippen molar-refractivity contribution >= 4 is 29.0 Å². The first-order valence-corrected chi connectivity index (χ1v) is 5.72. The Labute approximate surface area is 109 Å². The van der Waals surface area contributed by atoms with Gasteiger partial charge in [-0.3, -0.25) is 4.79 Å². The highest BCUT2D eigenvalue weighted by Gasteiger charge is 2.13. The normalized spacial score (nSPS) is 10.2. The van der Waals surface area contributed by atoms with Crippen molar-refractivity contribution in [2.45, 2.75) is 6.54 Å². The topological polar surface area (TPSA) is 33.8 Å². The van der Waals surface area contributed by atoms with Crippen molar-refractivity contribution in [1.82, 2.24) is 5.10 Å². The molecule has 86 valence electrons. The summed E-state index contributed by atoms with van der Waals surface area (Å²) in [5.41, 5.74) is 0.601. The zero-order valence-corrected chi connectivity index (χ0v) is 10.3. The SMILES string of the molecule is O=C(C[n+]1cccc(Cl)n1)c1ccc(Cl)cc1. The number of aromatic nitrogens is 2. The van der Waals surface area contributed by atoms with Crippen LogP contribution in [0.25, 0.3) is 0 Å². The summed E-state index contributed by atoms with van der Waals surface area (Å²) in [7, 11) is 0. The molecule has 2 aromatic rings. The fourth-order valence-electron chi connectivity index (χ4n) is 1.37. The van der Waals surface area contributed by atoms with E-state index in [1.165, 1.54) is 4.68 Å². The molecule has 0 saturated carbocycles. The molecule has 5 heteroatoms. The lowest BCUT2D eigenvalue weighted by atomic mass is 10.1. The van der Waals surface area contributed by atoms with Crippen molar-refractivity contribution < 1.29 is 9.48 Å². The van der Waals surface area contributed by atoms with E-state index in [4.69, 9.17) is 23.2 Å². The number of ketones is 1. The Morgan fingerprint density at radius 1 is 1.18 bits per heavy atom. The van der Waals surface area contributed by atoms with E-state index in [0.717, 1.165) is 0 Å². The van der Waals surface area contributed by atoms with Gasteiger partial charge >= 0.3 is 0 Å². The smallest absolute Gasteiger partial charge is 0.236 e. The highest BCUT2D eigenvalue weighted by molar-refractivity contribution is 6.30. The average molecular weight is 268 g/mol. The molecule has 3 nitrogen and oxygen atoms in total. The summed E-state index contributed by atoms with van der Waals surface area (Å²) in [5.74, 6) is -0.0403. The van der Waals surface area contributed by atoms with Crippen molar-refractivity contribution in [2.75, 3.05) is 0 Å². The number of nitrogens with zero attached hydrogens (tertiary/aromatic N) is 2. The molecule has 0 fully saturated rings. The summed E-state index contributed by atoms with van der Waals surface area (Å²) in [6.45, 7) is 0.155. The summed E-state index contributed by atoms with van der Waals surface area (Å²) in [6, 6.07) is 10.1. The number of hydrogen-bond donors (Lipinski definition) is 0. The van der Waals surface area contributed by atoms with E-state index in [9.17, 15) is 4.79 Å². The van der Waals surface area contributed by atoms with Gasteiger partial charge in [0.2, 0.25) is 12.3 Å². The number of halogens is 2. The van der Waals surface area contributed by atoms with Crippen LogP contribution in [-0.2, 0) is 6.54 Å². The molecule has 2 rings (SSSR count). The van der Waals surface area contributed by atoms with E-state index in [1.807, 2.05) is 0 Å². The minimum absolute atomic E-state index is 0.0403. The first-order chi connectivity index (χ1) is 8.15. The van der Waals surface area contributed by atoms with Gasteiger partial charge in [-0.1, -0.05) is 27.9 Å². The molecule has 0 spiro atoms. The summed E-state index contributed by atoms with van der Waals surface area (Å²) in [6.07, 6.45) is 1.69. The number of carbonyl (C=O) groups is 1. The minimum Gasteiger partial charge on any atom is -0.287 e. The molecule has 0 bridgehead atoms. The van der Waals surface area contributed by atoms with E-state index in [-0.39, 0.29) is 12.3 Å².